The summed E-state index contributed by atoms with van der Waals surface area (Å²) in [5.41, 5.74) is 1.91. The number of anilines is 1. The zero-order valence-electron chi connectivity index (χ0n) is 19.8. The van der Waals surface area contributed by atoms with E-state index in [1.165, 1.54) is 0 Å². The third-order valence-electron chi connectivity index (χ3n) is 6.01. The van der Waals surface area contributed by atoms with Gasteiger partial charge in [-0.1, -0.05) is 59.2 Å². The first-order chi connectivity index (χ1) is 17.5. The number of hydrogen-bond donors (Lipinski definition) is 3. The Morgan fingerprint density at radius 1 is 1.06 bits per heavy atom. The molecule has 3 amide bonds. The van der Waals surface area contributed by atoms with E-state index in [0.29, 0.717) is 42.8 Å². The van der Waals surface area contributed by atoms with E-state index in [-0.39, 0.29) is 41.3 Å². The van der Waals surface area contributed by atoms with E-state index in [0.717, 1.165) is 18.4 Å². The van der Waals surface area contributed by atoms with Crippen molar-refractivity contribution in [3.63, 3.8) is 0 Å². The molecule has 1 fully saturated rings. The summed E-state index contributed by atoms with van der Waals surface area (Å²) in [5, 5.41) is 12.8. The summed E-state index contributed by atoms with van der Waals surface area (Å²) in [6.07, 6.45) is 3.77. The van der Waals surface area contributed by atoms with E-state index < -0.39 is 0 Å². The third-order valence-corrected chi connectivity index (χ3v) is 6.18. The molecule has 1 aromatic heterocycles. The molecule has 0 saturated heterocycles. The SMILES string of the molecule is O=C(CCc1cc(Cl)no1)NCCCC(NC(=O)c1ccccc1NC(=O)C1CC1)c1ccccc1. The van der Waals surface area contributed by atoms with E-state index in [9.17, 15) is 14.4 Å². The molecule has 1 unspecified atom stereocenters. The Balaban J connectivity index is 1.32. The van der Waals surface area contributed by atoms with E-state index in [1.807, 2.05) is 30.3 Å². The summed E-state index contributed by atoms with van der Waals surface area (Å²) in [4.78, 5) is 37.7. The third kappa shape index (κ3) is 7.42. The van der Waals surface area contributed by atoms with Crippen molar-refractivity contribution in [3.05, 3.63) is 82.7 Å². The van der Waals surface area contributed by atoms with Crippen LogP contribution in [0.4, 0.5) is 5.69 Å². The molecule has 9 heteroatoms. The molecule has 2 aromatic carbocycles. The Morgan fingerprint density at radius 3 is 2.53 bits per heavy atom. The van der Waals surface area contributed by atoms with Crippen LogP contribution in [0.1, 0.15) is 59.8 Å². The van der Waals surface area contributed by atoms with Gasteiger partial charge in [0.1, 0.15) is 5.76 Å². The highest BCUT2D eigenvalue weighted by Gasteiger charge is 2.30. The average molecular weight is 509 g/mol. The summed E-state index contributed by atoms with van der Waals surface area (Å²) in [5.74, 6) is 0.211. The van der Waals surface area contributed by atoms with Crippen molar-refractivity contribution in [2.24, 2.45) is 5.92 Å². The Hall–Kier alpha value is -3.65. The van der Waals surface area contributed by atoms with Crippen LogP contribution in [0.25, 0.3) is 0 Å². The molecule has 1 saturated carbocycles. The number of amides is 3. The van der Waals surface area contributed by atoms with Crippen LogP contribution >= 0.6 is 11.6 Å². The lowest BCUT2D eigenvalue weighted by Crippen LogP contribution is -2.31. The predicted molar refractivity (Wildman–Crippen MR) is 137 cm³/mol. The number of para-hydroxylation sites is 1. The molecule has 0 aliphatic heterocycles. The van der Waals surface area contributed by atoms with Crippen LogP contribution in [0.5, 0.6) is 0 Å². The van der Waals surface area contributed by atoms with Crippen molar-refractivity contribution >= 4 is 35.0 Å². The van der Waals surface area contributed by atoms with Crippen molar-refractivity contribution < 1.29 is 18.9 Å². The molecule has 8 nitrogen and oxygen atoms in total. The van der Waals surface area contributed by atoms with Gasteiger partial charge in [0.2, 0.25) is 11.8 Å². The fraction of sp³-hybridized carbons (Fsp3) is 0.333. The second-order valence-corrected chi connectivity index (χ2v) is 9.24. The van der Waals surface area contributed by atoms with Gasteiger partial charge in [0.05, 0.1) is 17.3 Å². The number of nitrogens with one attached hydrogen (secondary N) is 3. The molecule has 1 atom stereocenters. The molecule has 1 aliphatic carbocycles. The van der Waals surface area contributed by atoms with Gasteiger partial charge < -0.3 is 20.5 Å². The molecule has 0 bridgehead atoms. The van der Waals surface area contributed by atoms with Gasteiger partial charge in [0.15, 0.2) is 5.15 Å². The number of nitrogens with zero attached hydrogens (tertiary/aromatic N) is 1. The highest BCUT2D eigenvalue weighted by molar-refractivity contribution is 6.29. The molecule has 4 rings (SSSR count). The van der Waals surface area contributed by atoms with Crippen LogP contribution in [0.3, 0.4) is 0 Å². The number of carbonyl (C=O) groups is 3. The van der Waals surface area contributed by atoms with E-state index in [2.05, 4.69) is 21.1 Å². The zero-order chi connectivity index (χ0) is 25.3. The molecule has 1 aliphatic rings. The van der Waals surface area contributed by atoms with E-state index >= 15 is 0 Å². The standard InChI is InChI=1S/C27H29ClN4O4/c28-24-17-20(36-32-24)14-15-25(33)29-16-6-11-22(18-7-2-1-3-8-18)30-27(35)21-9-4-5-10-23(21)31-26(34)19-12-13-19/h1-5,7-10,17,19,22H,6,11-16H2,(H,29,33)(H,30,35)(H,31,34). The number of aromatic nitrogens is 1. The van der Waals surface area contributed by atoms with Crippen molar-refractivity contribution in [1.29, 1.82) is 0 Å². The van der Waals surface area contributed by atoms with Crippen LogP contribution < -0.4 is 16.0 Å². The maximum atomic E-state index is 13.2. The molecule has 3 N–H and O–H groups in total. The fourth-order valence-corrected chi connectivity index (χ4v) is 4.03. The maximum Gasteiger partial charge on any atom is 0.253 e. The Bertz CT molecular complexity index is 1190. The fourth-order valence-electron chi connectivity index (χ4n) is 3.88. The summed E-state index contributed by atoms with van der Waals surface area (Å²) in [6.45, 7) is 0.475. The highest BCUT2D eigenvalue weighted by Crippen LogP contribution is 2.31. The smallest absolute Gasteiger partial charge is 0.253 e. The Labute approximate surface area is 214 Å². The molecule has 3 aromatic rings. The normalized spacial score (nSPS) is 13.6. The van der Waals surface area contributed by atoms with Crippen LogP contribution in [0.15, 0.2) is 65.2 Å². The quantitative estimate of drug-likeness (QED) is 0.307. The Kier molecular flexibility index (Phi) is 8.73. The highest BCUT2D eigenvalue weighted by atomic mass is 35.5. The van der Waals surface area contributed by atoms with Crippen molar-refractivity contribution in [3.8, 4) is 0 Å². The van der Waals surface area contributed by atoms with Gasteiger partial charge in [-0.15, -0.1) is 0 Å². The van der Waals surface area contributed by atoms with Crippen LogP contribution in [-0.4, -0.2) is 29.4 Å². The van der Waals surface area contributed by atoms with Crippen LogP contribution in [0, 0.1) is 5.92 Å². The molecule has 36 heavy (non-hydrogen) atoms. The molecule has 0 radical (unpaired) electrons. The lowest BCUT2D eigenvalue weighted by molar-refractivity contribution is -0.121. The van der Waals surface area contributed by atoms with Crippen LogP contribution in [0.2, 0.25) is 5.15 Å². The number of rotatable bonds is 12. The van der Waals surface area contributed by atoms with Gasteiger partial charge >= 0.3 is 0 Å². The number of benzene rings is 2. The van der Waals surface area contributed by atoms with Gasteiger partial charge in [-0.25, -0.2) is 0 Å². The largest absolute Gasteiger partial charge is 0.360 e. The first-order valence-electron chi connectivity index (χ1n) is 12.1. The minimum Gasteiger partial charge on any atom is -0.360 e. The van der Waals surface area contributed by atoms with Gasteiger partial charge in [0, 0.05) is 31.4 Å². The first kappa shape index (κ1) is 25.4. The minimum atomic E-state index is -0.259. The summed E-state index contributed by atoms with van der Waals surface area (Å²) >= 11 is 5.73. The average Bonchev–Trinajstić information content (AvgIpc) is 3.66. The molecule has 1 heterocycles. The van der Waals surface area contributed by atoms with Gasteiger partial charge in [-0.2, -0.15) is 0 Å². The number of halogens is 1. The van der Waals surface area contributed by atoms with Gasteiger partial charge in [0.25, 0.3) is 5.91 Å². The summed E-state index contributed by atoms with van der Waals surface area (Å²) in [7, 11) is 0. The second-order valence-electron chi connectivity index (χ2n) is 8.85. The molecule has 0 spiro atoms. The molecular formula is C27H29ClN4O4. The van der Waals surface area contributed by atoms with Crippen LogP contribution in [-0.2, 0) is 16.0 Å². The minimum absolute atomic E-state index is 0.0435. The lowest BCUT2D eigenvalue weighted by atomic mass is 10.0. The maximum absolute atomic E-state index is 13.2. The van der Waals surface area contributed by atoms with E-state index in [4.69, 9.17) is 16.1 Å². The monoisotopic (exact) mass is 508 g/mol. The lowest BCUT2D eigenvalue weighted by Gasteiger charge is -2.20. The number of aryl methyl sites for hydroxylation is 1. The van der Waals surface area contributed by atoms with Gasteiger partial charge in [-0.05, 0) is 43.4 Å². The second kappa shape index (κ2) is 12.4. The molecule has 188 valence electrons. The van der Waals surface area contributed by atoms with E-state index in [1.54, 1.807) is 30.3 Å². The number of hydrogen-bond acceptors (Lipinski definition) is 5. The Morgan fingerprint density at radius 2 is 1.81 bits per heavy atom. The zero-order valence-corrected chi connectivity index (χ0v) is 20.6. The number of carbonyl (C=O) groups excluding carboxylic acids is 3. The summed E-state index contributed by atoms with van der Waals surface area (Å²) < 4.78 is 5.01. The van der Waals surface area contributed by atoms with Crippen molar-refractivity contribution in [2.45, 2.75) is 44.6 Å². The predicted octanol–water partition coefficient (Wildman–Crippen LogP) is 4.68. The van der Waals surface area contributed by atoms with Gasteiger partial charge in [-0.3, -0.25) is 14.4 Å². The molecular weight excluding hydrogens is 480 g/mol. The van der Waals surface area contributed by atoms with Crippen molar-refractivity contribution in [2.75, 3.05) is 11.9 Å². The summed E-state index contributed by atoms with van der Waals surface area (Å²) in [6, 6.07) is 18.1. The topological polar surface area (TPSA) is 113 Å². The first-order valence-corrected chi connectivity index (χ1v) is 12.5. The van der Waals surface area contributed by atoms with Crippen molar-refractivity contribution in [1.82, 2.24) is 15.8 Å².